The maximum Gasteiger partial charge on any atom is 0.271 e. The Hall–Kier alpha value is -3.59. The molecule has 2 heterocycles. The van der Waals surface area contributed by atoms with Crippen molar-refractivity contribution in [1.29, 1.82) is 0 Å². The van der Waals surface area contributed by atoms with Crippen LogP contribution in [0.2, 0.25) is 0 Å². The number of nitro benzene ring substituents is 1. The van der Waals surface area contributed by atoms with Crippen molar-refractivity contribution in [2.75, 3.05) is 18.4 Å². The molecule has 0 bridgehead atoms. The fourth-order valence-electron chi connectivity index (χ4n) is 4.04. The van der Waals surface area contributed by atoms with Crippen LogP contribution in [0.15, 0.2) is 53.1 Å². The Kier molecular flexibility index (Phi) is 6.74. The van der Waals surface area contributed by atoms with Crippen LogP contribution in [0, 0.1) is 16.0 Å². The molecule has 3 aromatic rings. The van der Waals surface area contributed by atoms with Gasteiger partial charge in [-0.2, -0.15) is 4.98 Å². The Morgan fingerprint density at radius 3 is 2.53 bits per heavy atom. The molecule has 1 N–H and O–H groups in total. The molecule has 0 atom stereocenters. The van der Waals surface area contributed by atoms with Gasteiger partial charge in [0.25, 0.3) is 5.69 Å². The topological polar surface area (TPSA) is 114 Å². The summed E-state index contributed by atoms with van der Waals surface area (Å²) in [6.07, 6.45) is 1.38. The molecular weight excluding hydrogens is 434 g/mol. The lowest BCUT2D eigenvalue weighted by molar-refractivity contribution is -0.384. The Bertz CT molecular complexity index is 1160. The van der Waals surface area contributed by atoms with Crippen LogP contribution in [0.4, 0.5) is 11.4 Å². The van der Waals surface area contributed by atoms with E-state index in [2.05, 4.69) is 53.3 Å². The van der Waals surface area contributed by atoms with Crippen LogP contribution in [0.1, 0.15) is 45.1 Å². The molecule has 0 radical (unpaired) electrons. The minimum absolute atomic E-state index is 0.0447. The van der Waals surface area contributed by atoms with Crippen LogP contribution in [-0.4, -0.2) is 39.0 Å². The van der Waals surface area contributed by atoms with E-state index in [1.807, 2.05) is 12.1 Å². The predicted molar refractivity (Wildman–Crippen MR) is 128 cm³/mol. The van der Waals surface area contributed by atoms with Gasteiger partial charge in [-0.25, -0.2) is 0 Å². The van der Waals surface area contributed by atoms with Gasteiger partial charge in [-0.3, -0.25) is 19.8 Å². The molecule has 0 unspecified atom stereocenters. The predicted octanol–water partition coefficient (Wildman–Crippen LogP) is 4.79. The number of nitrogens with zero attached hydrogens (tertiary/aromatic N) is 4. The molecule has 1 aliphatic heterocycles. The summed E-state index contributed by atoms with van der Waals surface area (Å²) < 4.78 is 5.47. The molecule has 178 valence electrons. The smallest absolute Gasteiger partial charge is 0.271 e. The number of hydrogen-bond donors (Lipinski definition) is 1. The fourth-order valence-corrected chi connectivity index (χ4v) is 4.04. The van der Waals surface area contributed by atoms with Crippen LogP contribution in [0.5, 0.6) is 0 Å². The molecule has 0 saturated carbocycles. The lowest BCUT2D eigenvalue weighted by Gasteiger charge is -2.30. The molecule has 34 heavy (non-hydrogen) atoms. The average molecular weight is 464 g/mol. The molecule has 0 spiro atoms. The Morgan fingerprint density at radius 1 is 1.18 bits per heavy atom. The number of nitro groups is 1. The van der Waals surface area contributed by atoms with Gasteiger partial charge in [0, 0.05) is 29.3 Å². The number of nitrogens with one attached hydrogen (secondary N) is 1. The van der Waals surface area contributed by atoms with Crippen molar-refractivity contribution in [2.24, 2.45) is 5.92 Å². The quantitative estimate of drug-likeness (QED) is 0.413. The van der Waals surface area contributed by atoms with E-state index in [1.54, 1.807) is 12.1 Å². The standard InChI is InChI=1S/C25H29N5O4/c1-25(2,3)19-9-7-17(8-10-19)23-27-22(34-28-23)16-29-13-11-18(12-14-29)24(31)26-20-5-4-6-21(15-20)30(32)33/h4-10,15,18H,11-14,16H2,1-3H3,(H,26,31). The number of hydrogen-bond acceptors (Lipinski definition) is 7. The molecule has 9 nitrogen and oxygen atoms in total. The third kappa shape index (κ3) is 5.66. The second-order valence-electron chi connectivity index (χ2n) is 9.69. The minimum atomic E-state index is -0.474. The third-order valence-corrected chi connectivity index (χ3v) is 6.12. The Balaban J connectivity index is 1.29. The summed E-state index contributed by atoms with van der Waals surface area (Å²) in [6.45, 7) is 8.52. The summed E-state index contributed by atoms with van der Waals surface area (Å²) >= 11 is 0. The van der Waals surface area contributed by atoms with Gasteiger partial charge in [0.15, 0.2) is 0 Å². The number of carbonyl (C=O) groups is 1. The molecule has 1 aromatic heterocycles. The molecule has 1 fully saturated rings. The number of benzene rings is 2. The number of aromatic nitrogens is 2. The average Bonchev–Trinajstić information content (AvgIpc) is 3.27. The van der Waals surface area contributed by atoms with E-state index in [4.69, 9.17) is 4.52 Å². The van der Waals surface area contributed by atoms with Gasteiger partial charge in [-0.1, -0.05) is 56.3 Å². The van der Waals surface area contributed by atoms with Crippen LogP contribution in [-0.2, 0) is 16.8 Å². The zero-order valence-electron chi connectivity index (χ0n) is 19.7. The maximum atomic E-state index is 12.6. The number of anilines is 1. The van der Waals surface area contributed by atoms with E-state index in [1.165, 1.54) is 17.7 Å². The zero-order chi connectivity index (χ0) is 24.3. The van der Waals surface area contributed by atoms with Gasteiger partial charge < -0.3 is 9.84 Å². The normalized spacial score (nSPS) is 15.3. The summed E-state index contributed by atoms with van der Waals surface area (Å²) in [7, 11) is 0. The highest BCUT2D eigenvalue weighted by molar-refractivity contribution is 5.92. The lowest BCUT2D eigenvalue weighted by Crippen LogP contribution is -2.37. The first-order chi connectivity index (χ1) is 16.2. The van der Waals surface area contributed by atoms with Crippen LogP contribution in [0.25, 0.3) is 11.4 Å². The SMILES string of the molecule is CC(C)(C)c1ccc(-c2noc(CN3CCC(C(=O)Nc4cccc([N+](=O)[O-])c4)CC3)n2)cc1. The second-order valence-corrected chi connectivity index (χ2v) is 9.69. The van der Waals surface area contributed by atoms with Crippen molar-refractivity contribution in [2.45, 2.75) is 45.6 Å². The highest BCUT2D eigenvalue weighted by Gasteiger charge is 2.26. The minimum Gasteiger partial charge on any atom is -0.338 e. The van der Waals surface area contributed by atoms with Crippen molar-refractivity contribution in [3.63, 3.8) is 0 Å². The van der Waals surface area contributed by atoms with E-state index < -0.39 is 4.92 Å². The molecule has 9 heteroatoms. The van der Waals surface area contributed by atoms with E-state index >= 15 is 0 Å². The van der Waals surface area contributed by atoms with E-state index in [-0.39, 0.29) is 22.9 Å². The summed E-state index contributed by atoms with van der Waals surface area (Å²) in [5.74, 6) is 0.866. The van der Waals surface area contributed by atoms with E-state index in [9.17, 15) is 14.9 Å². The van der Waals surface area contributed by atoms with Crippen molar-refractivity contribution in [3.8, 4) is 11.4 Å². The van der Waals surface area contributed by atoms with Crippen molar-refractivity contribution < 1.29 is 14.2 Å². The number of amides is 1. The van der Waals surface area contributed by atoms with Gasteiger partial charge >= 0.3 is 0 Å². The van der Waals surface area contributed by atoms with E-state index in [0.717, 1.165) is 18.7 Å². The highest BCUT2D eigenvalue weighted by atomic mass is 16.6. The second kappa shape index (κ2) is 9.72. The molecule has 1 saturated heterocycles. The number of carbonyl (C=O) groups excluding carboxylic acids is 1. The van der Waals surface area contributed by atoms with Gasteiger partial charge in [-0.05, 0) is 43.0 Å². The third-order valence-electron chi connectivity index (χ3n) is 6.12. The largest absolute Gasteiger partial charge is 0.338 e. The van der Waals surface area contributed by atoms with Gasteiger partial charge in [0.2, 0.25) is 17.6 Å². The van der Waals surface area contributed by atoms with Gasteiger partial charge in [0.1, 0.15) is 0 Å². The van der Waals surface area contributed by atoms with Crippen molar-refractivity contribution in [3.05, 3.63) is 70.1 Å². The lowest BCUT2D eigenvalue weighted by atomic mass is 9.87. The van der Waals surface area contributed by atoms with Crippen LogP contribution < -0.4 is 5.32 Å². The monoisotopic (exact) mass is 463 g/mol. The van der Waals surface area contributed by atoms with E-state index in [0.29, 0.717) is 36.8 Å². The maximum absolute atomic E-state index is 12.6. The Morgan fingerprint density at radius 2 is 1.88 bits per heavy atom. The molecule has 0 aliphatic carbocycles. The van der Waals surface area contributed by atoms with Crippen molar-refractivity contribution >= 4 is 17.3 Å². The van der Waals surface area contributed by atoms with Gasteiger partial charge in [0.05, 0.1) is 11.5 Å². The Labute approximate surface area is 198 Å². The zero-order valence-corrected chi connectivity index (χ0v) is 19.7. The summed E-state index contributed by atoms with van der Waals surface area (Å²) in [6, 6.07) is 14.2. The first-order valence-electron chi connectivity index (χ1n) is 11.4. The number of rotatable bonds is 6. The highest BCUT2D eigenvalue weighted by Crippen LogP contribution is 2.26. The molecule has 4 rings (SSSR count). The van der Waals surface area contributed by atoms with Crippen molar-refractivity contribution in [1.82, 2.24) is 15.0 Å². The summed E-state index contributed by atoms with van der Waals surface area (Å²) in [4.78, 5) is 29.8. The van der Waals surface area contributed by atoms with Crippen LogP contribution in [0.3, 0.4) is 0 Å². The molecule has 2 aromatic carbocycles. The number of non-ortho nitro benzene ring substituents is 1. The first-order valence-corrected chi connectivity index (χ1v) is 11.4. The summed E-state index contributed by atoms with van der Waals surface area (Å²) in [5.41, 5.74) is 2.65. The molecular formula is C25H29N5O4. The molecule has 1 aliphatic rings. The fraction of sp³-hybridized carbons (Fsp3) is 0.400. The first kappa shape index (κ1) is 23.6. The summed E-state index contributed by atoms with van der Waals surface area (Å²) in [5, 5.41) is 17.9. The number of likely N-dealkylation sites (tertiary alicyclic amines) is 1. The van der Waals surface area contributed by atoms with Crippen LogP contribution >= 0.6 is 0 Å². The van der Waals surface area contributed by atoms with Gasteiger partial charge in [-0.15, -0.1) is 0 Å². The number of piperidine rings is 1. The molecule has 1 amide bonds.